The summed E-state index contributed by atoms with van der Waals surface area (Å²) < 4.78 is 0. The van der Waals surface area contributed by atoms with Crippen molar-refractivity contribution in [2.24, 2.45) is 5.10 Å². The summed E-state index contributed by atoms with van der Waals surface area (Å²) in [6.07, 6.45) is 3.23. The smallest absolute Gasteiger partial charge is 0.279 e. The van der Waals surface area contributed by atoms with Crippen molar-refractivity contribution in [2.75, 3.05) is 5.43 Å². The number of para-hydroxylation sites is 1. The molecule has 2 aromatic carbocycles. The topological polar surface area (TPSA) is 80.4 Å². The highest BCUT2D eigenvalue weighted by molar-refractivity contribution is 5.82. The maximum absolute atomic E-state index is 11.1. The Labute approximate surface area is 138 Å². The molecular formula is C18H14N4O2. The van der Waals surface area contributed by atoms with E-state index in [1.54, 1.807) is 30.6 Å². The normalized spacial score (nSPS) is 10.7. The van der Waals surface area contributed by atoms with Crippen LogP contribution in [0.2, 0.25) is 0 Å². The van der Waals surface area contributed by atoms with Gasteiger partial charge in [0.15, 0.2) is 0 Å². The number of nitrogens with one attached hydrogen (secondary N) is 1. The molecule has 1 heterocycles. The van der Waals surface area contributed by atoms with Gasteiger partial charge < -0.3 is 0 Å². The molecule has 0 spiro atoms. The summed E-state index contributed by atoms with van der Waals surface area (Å²) in [5.74, 6) is 0. The summed E-state index contributed by atoms with van der Waals surface area (Å²) in [6, 6.07) is 19.9. The fraction of sp³-hybridized carbons (Fsp3) is 0. The van der Waals surface area contributed by atoms with Gasteiger partial charge in [-0.25, -0.2) is 4.98 Å². The van der Waals surface area contributed by atoms with E-state index in [4.69, 9.17) is 0 Å². The minimum absolute atomic E-state index is 0.00957. The fourth-order valence-electron chi connectivity index (χ4n) is 2.19. The predicted octanol–water partition coefficient (Wildman–Crippen LogP) is 4.10. The lowest BCUT2D eigenvalue weighted by Crippen LogP contribution is -1.94. The van der Waals surface area contributed by atoms with E-state index in [1.165, 1.54) is 6.07 Å². The van der Waals surface area contributed by atoms with Gasteiger partial charge in [0.25, 0.3) is 5.69 Å². The fourth-order valence-corrected chi connectivity index (χ4v) is 2.19. The first kappa shape index (κ1) is 15.4. The zero-order valence-electron chi connectivity index (χ0n) is 12.7. The number of hydrazone groups is 1. The van der Waals surface area contributed by atoms with Crippen LogP contribution in [0.25, 0.3) is 11.3 Å². The minimum Gasteiger partial charge on any atom is -0.279 e. The Morgan fingerprint density at radius 3 is 2.46 bits per heavy atom. The van der Waals surface area contributed by atoms with Gasteiger partial charge in [0.1, 0.15) is 5.69 Å². The molecule has 0 aliphatic carbocycles. The van der Waals surface area contributed by atoms with Crippen LogP contribution in [0, 0.1) is 10.1 Å². The van der Waals surface area contributed by atoms with E-state index in [9.17, 15) is 10.1 Å². The molecule has 24 heavy (non-hydrogen) atoms. The van der Waals surface area contributed by atoms with Crippen LogP contribution >= 0.6 is 0 Å². The standard InChI is InChI=1S/C18H14N4O2/c23-22(24)17-7-4-12-19-18(17)15-10-8-14(9-11-15)13-20-21-16-5-2-1-3-6-16/h1-13,21H. The van der Waals surface area contributed by atoms with Gasteiger partial charge in [-0.15, -0.1) is 0 Å². The molecule has 0 amide bonds. The molecule has 0 aliphatic rings. The molecule has 1 N–H and O–H groups in total. The van der Waals surface area contributed by atoms with Crippen LogP contribution in [0.1, 0.15) is 5.56 Å². The van der Waals surface area contributed by atoms with Gasteiger partial charge in [-0.1, -0.05) is 42.5 Å². The molecule has 1 aromatic heterocycles. The van der Waals surface area contributed by atoms with Gasteiger partial charge >= 0.3 is 0 Å². The third kappa shape index (κ3) is 3.61. The van der Waals surface area contributed by atoms with Crippen LogP contribution < -0.4 is 5.43 Å². The zero-order chi connectivity index (χ0) is 16.8. The molecule has 3 rings (SSSR count). The van der Waals surface area contributed by atoms with E-state index in [0.717, 1.165) is 11.3 Å². The second-order valence-corrected chi connectivity index (χ2v) is 4.99. The number of nitro groups is 1. The van der Waals surface area contributed by atoms with Gasteiger partial charge in [-0.05, 0) is 23.8 Å². The van der Waals surface area contributed by atoms with Crippen LogP contribution in [0.3, 0.4) is 0 Å². The Bertz CT molecular complexity index is 862. The third-order valence-corrected chi connectivity index (χ3v) is 3.35. The van der Waals surface area contributed by atoms with E-state index < -0.39 is 4.92 Å². The van der Waals surface area contributed by atoms with Crippen LogP contribution in [-0.2, 0) is 0 Å². The number of benzene rings is 2. The van der Waals surface area contributed by atoms with E-state index in [2.05, 4.69) is 15.5 Å². The largest absolute Gasteiger partial charge is 0.295 e. The number of hydrogen-bond donors (Lipinski definition) is 1. The summed E-state index contributed by atoms with van der Waals surface area (Å²) in [4.78, 5) is 14.8. The van der Waals surface area contributed by atoms with Crippen molar-refractivity contribution >= 4 is 17.6 Å². The Hall–Kier alpha value is -3.54. The quantitative estimate of drug-likeness (QED) is 0.436. The van der Waals surface area contributed by atoms with Gasteiger partial charge in [-0.3, -0.25) is 15.5 Å². The number of aromatic nitrogens is 1. The number of pyridine rings is 1. The molecule has 0 aliphatic heterocycles. The molecule has 0 radical (unpaired) electrons. The molecule has 3 aromatic rings. The Morgan fingerprint density at radius 2 is 1.75 bits per heavy atom. The van der Waals surface area contributed by atoms with Crippen molar-refractivity contribution < 1.29 is 4.92 Å². The van der Waals surface area contributed by atoms with Gasteiger partial charge in [0, 0.05) is 17.8 Å². The lowest BCUT2D eigenvalue weighted by Gasteiger charge is -2.02. The van der Waals surface area contributed by atoms with Crippen LogP contribution in [-0.4, -0.2) is 16.1 Å². The van der Waals surface area contributed by atoms with Crippen LogP contribution in [0.4, 0.5) is 11.4 Å². The van der Waals surface area contributed by atoms with Crippen molar-refractivity contribution in [1.29, 1.82) is 0 Å². The Morgan fingerprint density at radius 1 is 1.00 bits per heavy atom. The van der Waals surface area contributed by atoms with Crippen LogP contribution in [0.5, 0.6) is 0 Å². The first-order valence-corrected chi connectivity index (χ1v) is 7.28. The first-order valence-electron chi connectivity index (χ1n) is 7.28. The van der Waals surface area contributed by atoms with Crippen molar-refractivity contribution in [3.8, 4) is 11.3 Å². The number of rotatable bonds is 5. The van der Waals surface area contributed by atoms with Crippen molar-refractivity contribution in [3.63, 3.8) is 0 Å². The Balaban J connectivity index is 1.75. The SMILES string of the molecule is O=[N+]([O-])c1cccnc1-c1ccc(C=NNc2ccccc2)cc1. The Kier molecular flexibility index (Phi) is 4.57. The summed E-state index contributed by atoms with van der Waals surface area (Å²) in [5, 5.41) is 15.2. The lowest BCUT2D eigenvalue weighted by atomic mass is 10.1. The van der Waals surface area contributed by atoms with E-state index in [1.807, 2.05) is 42.5 Å². The second kappa shape index (κ2) is 7.15. The average molecular weight is 318 g/mol. The average Bonchev–Trinajstić information content (AvgIpc) is 2.63. The minimum atomic E-state index is -0.429. The molecule has 118 valence electrons. The molecule has 0 fully saturated rings. The maximum atomic E-state index is 11.1. The molecule has 0 saturated carbocycles. The lowest BCUT2D eigenvalue weighted by molar-refractivity contribution is -0.384. The summed E-state index contributed by atoms with van der Waals surface area (Å²) in [6.45, 7) is 0. The highest BCUT2D eigenvalue weighted by atomic mass is 16.6. The highest BCUT2D eigenvalue weighted by Crippen LogP contribution is 2.26. The summed E-state index contributed by atoms with van der Waals surface area (Å²) >= 11 is 0. The van der Waals surface area contributed by atoms with Gasteiger partial charge in [0.05, 0.1) is 16.8 Å². The molecular weight excluding hydrogens is 304 g/mol. The highest BCUT2D eigenvalue weighted by Gasteiger charge is 2.15. The van der Waals surface area contributed by atoms with E-state index >= 15 is 0 Å². The van der Waals surface area contributed by atoms with Crippen molar-refractivity contribution in [2.45, 2.75) is 0 Å². The number of nitrogens with zero attached hydrogens (tertiary/aromatic N) is 3. The van der Waals surface area contributed by atoms with E-state index in [-0.39, 0.29) is 5.69 Å². The van der Waals surface area contributed by atoms with Gasteiger partial charge in [0.2, 0.25) is 0 Å². The summed E-state index contributed by atoms with van der Waals surface area (Å²) in [7, 11) is 0. The molecule has 0 unspecified atom stereocenters. The predicted molar refractivity (Wildman–Crippen MR) is 94.0 cm³/mol. The molecule has 0 atom stereocenters. The monoisotopic (exact) mass is 318 g/mol. The van der Waals surface area contributed by atoms with Crippen molar-refractivity contribution in [3.05, 3.63) is 88.6 Å². The first-order chi connectivity index (χ1) is 11.7. The number of anilines is 1. The summed E-state index contributed by atoms with van der Waals surface area (Å²) in [5.41, 5.74) is 5.74. The molecule has 0 bridgehead atoms. The second-order valence-electron chi connectivity index (χ2n) is 4.99. The molecule has 0 saturated heterocycles. The maximum Gasteiger partial charge on any atom is 0.295 e. The van der Waals surface area contributed by atoms with Crippen molar-refractivity contribution in [1.82, 2.24) is 4.98 Å². The van der Waals surface area contributed by atoms with E-state index in [0.29, 0.717) is 11.3 Å². The third-order valence-electron chi connectivity index (χ3n) is 3.35. The zero-order valence-corrected chi connectivity index (χ0v) is 12.7. The molecule has 6 heteroatoms. The number of hydrogen-bond acceptors (Lipinski definition) is 5. The van der Waals surface area contributed by atoms with Crippen LogP contribution in [0.15, 0.2) is 78.0 Å². The molecule has 6 nitrogen and oxygen atoms in total. The van der Waals surface area contributed by atoms with Gasteiger partial charge in [-0.2, -0.15) is 5.10 Å².